The van der Waals surface area contributed by atoms with Crippen LogP contribution in [-0.4, -0.2) is 31.3 Å². The largest absolute Gasteiger partial charge is 0.265 e. The Morgan fingerprint density at radius 1 is 1.19 bits per heavy atom. The number of hydrogen-bond donors (Lipinski definition) is 0. The van der Waals surface area contributed by atoms with E-state index in [0.29, 0.717) is 12.0 Å². The summed E-state index contributed by atoms with van der Waals surface area (Å²) < 4.78 is 39.7. The van der Waals surface area contributed by atoms with Crippen LogP contribution in [0.15, 0.2) is 47.6 Å². The maximum atomic E-state index is 13.8. The van der Waals surface area contributed by atoms with Crippen LogP contribution in [-0.2, 0) is 16.4 Å². The fourth-order valence-corrected chi connectivity index (χ4v) is 3.25. The number of hydrogen-bond acceptors (Lipinski definition) is 3. The number of sulfonamides is 1. The lowest BCUT2D eigenvalue weighted by molar-refractivity contribution is 0.465. The maximum absolute atomic E-state index is 13.8. The number of nitrogens with zero attached hydrogens (tertiary/aromatic N) is 2. The molecule has 1 aromatic carbocycles. The van der Waals surface area contributed by atoms with Crippen molar-refractivity contribution in [2.45, 2.75) is 18.2 Å². The lowest BCUT2D eigenvalue weighted by Gasteiger charge is -2.18. The van der Waals surface area contributed by atoms with Gasteiger partial charge in [-0.15, -0.1) is 0 Å². The number of halogens is 1. The molecule has 4 nitrogen and oxygen atoms in total. The standard InChI is InChI=1S/C15H17FN2O2S/c1-12-3-4-14(16)15(11-12)21(19,20)18(2)10-7-13-5-8-17-9-6-13/h3-6,8-9,11H,7,10H2,1-2H3. The summed E-state index contributed by atoms with van der Waals surface area (Å²) >= 11 is 0. The summed E-state index contributed by atoms with van der Waals surface area (Å²) in [7, 11) is -2.36. The van der Waals surface area contributed by atoms with Gasteiger partial charge in [-0.3, -0.25) is 4.98 Å². The molecule has 1 aromatic heterocycles. The molecule has 0 saturated heterocycles. The molecule has 0 radical (unpaired) electrons. The first kappa shape index (κ1) is 15.6. The smallest absolute Gasteiger partial charge is 0.245 e. The quantitative estimate of drug-likeness (QED) is 0.852. The van der Waals surface area contributed by atoms with Gasteiger partial charge in [-0.05, 0) is 48.7 Å². The average molecular weight is 308 g/mol. The fraction of sp³-hybridized carbons (Fsp3) is 0.267. The average Bonchev–Trinajstić information content (AvgIpc) is 2.48. The van der Waals surface area contributed by atoms with Gasteiger partial charge in [-0.2, -0.15) is 0 Å². The van der Waals surface area contributed by atoms with E-state index >= 15 is 0 Å². The summed E-state index contributed by atoms with van der Waals surface area (Å²) in [5, 5.41) is 0. The molecule has 0 unspecified atom stereocenters. The SMILES string of the molecule is Cc1ccc(F)c(S(=O)(=O)N(C)CCc2ccncc2)c1. The normalized spacial score (nSPS) is 11.8. The van der Waals surface area contributed by atoms with Gasteiger partial charge >= 0.3 is 0 Å². The summed E-state index contributed by atoms with van der Waals surface area (Å²) in [5.74, 6) is -0.726. The first-order valence-electron chi connectivity index (χ1n) is 6.52. The van der Waals surface area contributed by atoms with E-state index in [2.05, 4.69) is 4.98 Å². The van der Waals surface area contributed by atoms with Crippen molar-refractivity contribution in [3.63, 3.8) is 0 Å². The first-order valence-corrected chi connectivity index (χ1v) is 7.96. The zero-order valence-electron chi connectivity index (χ0n) is 12.0. The summed E-state index contributed by atoms with van der Waals surface area (Å²) in [6, 6.07) is 7.74. The van der Waals surface area contributed by atoms with Crippen LogP contribution in [0.2, 0.25) is 0 Å². The molecule has 0 bridgehead atoms. The Balaban J connectivity index is 2.17. The molecule has 0 saturated carbocycles. The third-order valence-corrected chi connectivity index (χ3v) is 5.11. The van der Waals surface area contributed by atoms with Crippen LogP contribution in [0.4, 0.5) is 4.39 Å². The van der Waals surface area contributed by atoms with Crippen molar-refractivity contribution < 1.29 is 12.8 Å². The van der Waals surface area contributed by atoms with Crippen LogP contribution < -0.4 is 0 Å². The number of likely N-dealkylation sites (N-methyl/N-ethyl adjacent to an activating group) is 1. The second-order valence-corrected chi connectivity index (χ2v) is 6.88. The van der Waals surface area contributed by atoms with E-state index in [0.717, 1.165) is 5.56 Å². The van der Waals surface area contributed by atoms with Gasteiger partial charge in [0.25, 0.3) is 0 Å². The lowest BCUT2D eigenvalue weighted by Crippen LogP contribution is -2.29. The second-order valence-electron chi connectivity index (χ2n) is 4.87. The molecule has 0 N–H and O–H groups in total. The molecule has 0 amide bonds. The zero-order valence-corrected chi connectivity index (χ0v) is 12.8. The molecule has 0 aliphatic heterocycles. The van der Waals surface area contributed by atoms with Crippen LogP contribution in [0.3, 0.4) is 0 Å². The Hall–Kier alpha value is -1.79. The van der Waals surface area contributed by atoms with Crippen molar-refractivity contribution in [2.75, 3.05) is 13.6 Å². The molecular formula is C15H17FN2O2S. The monoisotopic (exact) mass is 308 g/mol. The molecule has 0 spiro atoms. The van der Waals surface area contributed by atoms with E-state index in [1.807, 2.05) is 12.1 Å². The minimum atomic E-state index is -3.82. The van der Waals surface area contributed by atoms with Crippen molar-refractivity contribution in [1.29, 1.82) is 0 Å². The highest BCUT2D eigenvalue weighted by molar-refractivity contribution is 7.89. The number of aryl methyl sites for hydroxylation is 1. The summed E-state index contributed by atoms with van der Waals surface area (Å²) in [5.41, 5.74) is 1.69. The third kappa shape index (κ3) is 3.65. The minimum Gasteiger partial charge on any atom is -0.265 e. The van der Waals surface area contributed by atoms with Crippen molar-refractivity contribution in [1.82, 2.24) is 9.29 Å². The van der Waals surface area contributed by atoms with E-state index < -0.39 is 15.8 Å². The van der Waals surface area contributed by atoms with Crippen LogP contribution in [0.1, 0.15) is 11.1 Å². The lowest BCUT2D eigenvalue weighted by atomic mass is 10.2. The van der Waals surface area contributed by atoms with Crippen molar-refractivity contribution >= 4 is 10.0 Å². The number of aromatic nitrogens is 1. The Morgan fingerprint density at radius 2 is 1.86 bits per heavy atom. The molecule has 112 valence electrons. The Kier molecular flexibility index (Phi) is 4.69. The number of rotatable bonds is 5. The van der Waals surface area contributed by atoms with Gasteiger partial charge in [-0.1, -0.05) is 6.07 Å². The van der Waals surface area contributed by atoms with E-state index in [9.17, 15) is 12.8 Å². The van der Waals surface area contributed by atoms with Gasteiger partial charge in [0.1, 0.15) is 10.7 Å². The topological polar surface area (TPSA) is 50.3 Å². The van der Waals surface area contributed by atoms with Crippen molar-refractivity contribution in [3.8, 4) is 0 Å². The number of benzene rings is 1. The molecule has 2 rings (SSSR count). The van der Waals surface area contributed by atoms with Gasteiger partial charge in [0.15, 0.2) is 0 Å². The molecule has 6 heteroatoms. The number of pyridine rings is 1. The van der Waals surface area contributed by atoms with Crippen LogP contribution in [0, 0.1) is 12.7 Å². The van der Waals surface area contributed by atoms with Crippen LogP contribution >= 0.6 is 0 Å². The van der Waals surface area contributed by atoms with Crippen molar-refractivity contribution in [3.05, 3.63) is 59.7 Å². The summed E-state index contributed by atoms with van der Waals surface area (Å²) in [4.78, 5) is 3.63. The second kappa shape index (κ2) is 6.32. The molecule has 0 aliphatic rings. The third-order valence-electron chi connectivity index (χ3n) is 3.24. The van der Waals surface area contributed by atoms with E-state index in [4.69, 9.17) is 0 Å². The Bertz CT molecular complexity index is 718. The van der Waals surface area contributed by atoms with Gasteiger partial charge in [0.05, 0.1) is 0 Å². The summed E-state index contributed by atoms with van der Waals surface area (Å²) in [6.45, 7) is 2.01. The van der Waals surface area contributed by atoms with E-state index in [1.165, 1.54) is 23.5 Å². The predicted octanol–water partition coefficient (Wildman–Crippen LogP) is 2.39. The highest BCUT2D eigenvalue weighted by atomic mass is 32.2. The Labute approximate surface area is 124 Å². The van der Waals surface area contributed by atoms with Gasteiger partial charge in [0, 0.05) is 26.0 Å². The molecule has 0 atom stereocenters. The highest BCUT2D eigenvalue weighted by Crippen LogP contribution is 2.20. The fourth-order valence-electron chi connectivity index (χ4n) is 1.93. The molecular weight excluding hydrogens is 291 g/mol. The molecule has 0 fully saturated rings. The minimum absolute atomic E-state index is 0.278. The molecule has 0 aliphatic carbocycles. The van der Waals surface area contributed by atoms with E-state index in [1.54, 1.807) is 25.4 Å². The van der Waals surface area contributed by atoms with Gasteiger partial charge in [-0.25, -0.2) is 17.1 Å². The first-order chi connectivity index (χ1) is 9.91. The molecule has 21 heavy (non-hydrogen) atoms. The highest BCUT2D eigenvalue weighted by Gasteiger charge is 2.24. The van der Waals surface area contributed by atoms with Crippen LogP contribution in [0.5, 0.6) is 0 Å². The Morgan fingerprint density at radius 3 is 2.52 bits per heavy atom. The van der Waals surface area contributed by atoms with Crippen molar-refractivity contribution in [2.24, 2.45) is 0 Å². The molecule has 2 aromatic rings. The zero-order chi connectivity index (χ0) is 15.5. The summed E-state index contributed by atoms with van der Waals surface area (Å²) in [6.07, 6.45) is 3.86. The van der Waals surface area contributed by atoms with Gasteiger partial charge < -0.3 is 0 Å². The van der Waals surface area contributed by atoms with E-state index in [-0.39, 0.29) is 11.4 Å². The molecule has 1 heterocycles. The maximum Gasteiger partial charge on any atom is 0.245 e. The predicted molar refractivity (Wildman–Crippen MR) is 78.9 cm³/mol. The van der Waals surface area contributed by atoms with Gasteiger partial charge in [0.2, 0.25) is 10.0 Å². The van der Waals surface area contributed by atoms with Crippen LogP contribution in [0.25, 0.3) is 0 Å².